The Morgan fingerprint density at radius 3 is 2.71 bits per heavy atom. The second-order valence-corrected chi connectivity index (χ2v) is 4.58. The lowest BCUT2D eigenvalue weighted by Gasteiger charge is -2.23. The van der Waals surface area contributed by atoms with Crippen LogP contribution in [0.4, 0.5) is 21.7 Å². The quantitative estimate of drug-likeness (QED) is 0.800. The van der Waals surface area contributed by atoms with Gasteiger partial charge in [-0.25, -0.2) is 14.4 Å². The molecule has 0 amide bonds. The Bertz CT molecular complexity index is 750. The molecule has 1 N–H and O–H groups in total. The van der Waals surface area contributed by atoms with Gasteiger partial charge >= 0.3 is 0 Å². The van der Waals surface area contributed by atoms with Crippen LogP contribution in [0.25, 0.3) is 5.65 Å². The average molecular weight is 285 g/mol. The molecule has 0 unspecified atom stereocenters. The monoisotopic (exact) mass is 285 g/mol. The summed E-state index contributed by atoms with van der Waals surface area (Å²) in [6, 6.07) is 6.38. The van der Waals surface area contributed by atoms with Crippen molar-refractivity contribution in [3.05, 3.63) is 48.7 Å². The molecule has 1 aromatic carbocycles. The molecule has 0 saturated heterocycles. The number of rotatable bonds is 4. The number of nitrogens with zero attached hydrogens (tertiary/aromatic N) is 4. The first-order valence-electron chi connectivity index (χ1n) is 6.77. The number of imidazole rings is 1. The lowest BCUT2D eigenvalue weighted by atomic mass is 10.2. The van der Waals surface area contributed by atoms with Gasteiger partial charge in [-0.15, -0.1) is 0 Å². The normalized spacial score (nSPS) is 10.8. The van der Waals surface area contributed by atoms with Crippen LogP contribution in [0, 0.1) is 5.82 Å². The van der Waals surface area contributed by atoms with Crippen LogP contribution in [-0.2, 0) is 0 Å². The van der Waals surface area contributed by atoms with Gasteiger partial charge in [0.1, 0.15) is 11.6 Å². The van der Waals surface area contributed by atoms with Crippen molar-refractivity contribution in [1.29, 1.82) is 0 Å². The zero-order valence-electron chi connectivity index (χ0n) is 11.9. The molecule has 0 saturated carbocycles. The molecule has 0 fully saturated rings. The van der Waals surface area contributed by atoms with E-state index in [9.17, 15) is 4.39 Å². The third kappa shape index (κ3) is 2.40. The maximum Gasteiger partial charge on any atom is 0.180 e. The van der Waals surface area contributed by atoms with Gasteiger partial charge in [0.25, 0.3) is 0 Å². The number of hydrogen-bond acceptors (Lipinski definition) is 4. The molecular weight excluding hydrogens is 269 g/mol. The van der Waals surface area contributed by atoms with E-state index in [1.807, 2.05) is 35.7 Å². The van der Waals surface area contributed by atoms with E-state index in [0.717, 1.165) is 23.0 Å². The molecule has 0 aliphatic carbocycles. The van der Waals surface area contributed by atoms with Crippen molar-refractivity contribution in [3.63, 3.8) is 0 Å². The second-order valence-electron chi connectivity index (χ2n) is 4.58. The van der Waals surface area contributed by atoms with Gasteiger partial charge in [-0.3, -0.25) is 0 Å². The van der Waals surface area contributed by atoms with E-state index in [1.54, 1.807) is 18.3 Å². The summed E-state index contributed by atoms with van der Waals surface area (Å²) in [7, 11) is 1.82. The summed E-state index contributed by atoms with van der Waals surface area (Å²) in [5.74, 6) is 1.23. The smallest absolute Gasteiger partial charge is 0.180 e. The Labute approximate surface area is 122 Å². The van der Waals surface area contributed by atoms with Crippen LogP contribution in [0.3, 0.4) is 0 Å². The van der Waals surface area contributed by atoms with Gasteiger partial charge in [0.05, 0.1) is 6.20 Å². The predicted octanol–water partition coefficient (Wildman–Crippen LogP) is 3.07. The van der Waals surface area contributed by atoms with Gasteiger partial charge in [-0.05, 0) is 31.2 Å². The largest absolute Gasteiger partial charge is 0.372 e. The van der Waals surface area contributed by atoms with Crippen molar-refractivity contribution in [3.8, 4) is 0 Å². The molecule has 2 aromatic heterocycles. The van der Waals surface area contributed by atoms with Crippen molar-refractivity contribution in [1.82, 2.24) is 14.4 Å². The van der Waals surface area contributed by atoms with Gasteiger partial charge in [0.15, 0.2) is 11.5 Å². The van der Waals surface area contributed by atoms with E-state index in [-0.39, 0.29) is 5.82 Å². The summed E-state index contributed by atoms with van der Waals surface area (Å²) in [6.45, 7) is 2.73. The van der Waals surface area contributed by atoms with Crippen LogP contribution < -0.4 is 10.2 Å². The first kappa shape index (κ1) is 13.4. The third-order valence-corrected chi connectivity index (χ3v) is 3.32. The first-order valence-corrected chi connectivity index (χ1v) is 6.77. The van der Waals surface area contributed by atoms with E-state index in [4.69, 9.17) is 0 Å². The van der Waals surface area contributed by atoms with Crippen LogP contribution in [0.5, 0.6) is 0 Å². The van der Waals surface area contributed by atoms with Gasteiger partial charge in [0.2, 0.25) is 0 Å². The molecule has 0 atom stereocenters. The maximum atomic E-state index is 13.1. The zero-order valence-corrected chi connectivity index (χ0v) is 11.9. The summed E-state index contributed by atoms with van der Waals surface area (Å²) in [6.07, 6.45) is 5.49. The van der Waals surface area contributed by atoms with Crippen molar-refractivity contribution in [2.75, 3.05) is 23.8 Å². The Kier molecular flexibility index (Phi) is 3.43. The number of hydrogen-bond donors (Lipinski definition) is 1. The van der Waals surface area contributed by atoms with E-state index in [2.05, 4.69) is 15.3 Å². The Balaban J connectivity index is 2.15. The van der Waals surface area contributed by atoms with Crippen LogP contribution in [-0.4, -0.2) is 28.0 Å². The SMILES string of the molecule is CCN(c1ccc(F)cc1)c1nc(NC)cn2ccnc12. The molecule has 5 nitrogen and oxygen atoms in total. The standard InChI is InChI=1S/C15H16FN5/c1-3-21(12-6-4-11(16)5-7-12)15-14-18-8-9-20(14)10-13(17-2)19-15/h4-10,17H,3H2,1-2H3. The fourth-order valence-electron chi connectivity index (χ4n) is 2.29. The molecule has 6 heteroatoms. The predicted molar refractivity (Wildman–Crippen MR) is 81.6 cm³/mol. The lowest BCUT2D eigenvalue weighted by Crippen LogP contribution is -2.19. The fourth-order valence-corrected chi connectivity index (χ4v) is 2.29. The average Bonchev–Trinajstić information content (AvgIpc) is 2.98. The Morgan fingerprint density at radius 2 is 2.05 bits per heavy atom. The highest BCUT2D eigenvalue weighted by Gasteiger charge is 2.15. The number of anilines is 3. The van der Waals surface area contributed by atoms with Crippen LogP contribution >= 0.6 is 0 Å². The van der Waals surface area contributed by atoms with E-state index >= 15 is 0 Å². The van der Waals surface area contributed by atoms with E-state index in [0.29, 0.717) is 6.54 Å². The third-order valence-electron chi connectivity index (χ3n) is 3.32. The molecule has 2 heterocycles. The van der Waals surface area contributed by atoms with Gasteiger partial charge < -0.3 is 14.6 Å². The highest BCUT2D eigenvalue weighted by atomic mass is 19.1. The minimum absolute atomic E-state index is 0.252. The molecular formula is C15H16FN5. The van der Waals surface area contributed by atoms with Crippen LogP contribution in [0.2, 0.25) is 0 Å². The van der Waals surface area contributed by atoms with E-state index in [1.165, 1.54) is 12.1 Å². The molecule has 3 aromatic rings. The maximum absolute atomic E-state index is 13.1. The summed E-state index contributed by atoms with van der Waals surface area (Å²) < 4.78 is 15.0. The van der Waals surface area contributed by atoms with Gasteiger partial charge in [0, 0.05) is 31.7 Å². The molecule has 0 bridgehead atoms. The first-order chi connectivity index (χ1) is 10.2. The molecule has 21 heavy (non-hydrogen) atoms. The minimum Gasteiger partial charge on any atom is -0.372 e. The lowest BCUT2D eigenvalue weighted by molar-refractivity contribution is 0.628. The van der Waals surface area contributed by atoms with E-state index < -0.39 is 0 Å². The highest BCUT2D eigenvalue weighted by Crippen LogP contribution is 2.28. The summed E-state index contributed by atoms with van der Waals surface area (Å²) in [5.41, 5.74) is 1.64. The van der Waals surface area contributed by atoms with Crippen molar-refractivity contribution in [2.24, 2.45) is 0 Å². The van der Waals surface area contributed by atoms with Crippen molar-refractivity contribution < 1.29 is 4.39 Å². The van der Waals surface area contributed by atoms with Gasteiger partial charge in [-0.1, -0.05) is 0 Å². The number of nitrogens with one attached hydrogen (secondary N) is 1. The van der Waals surface area contributed by atoms with Crippen molar-refractivity contribution >= 4 is 23.0 Å². The van der Waals surface area contributed by atoms with Gasteiger partial charge in [-0.2, -0.15) is 0 Å². The number of fused-ring (bicyclic) bond motifs is 1. The minimum atomic E-state index is -0.252. The number of halogens is 1. The molecule has 0 aliphatic heterocycles. The summed E-state index contributed by atoms with van der Waals surface area (Å²) in [5, 5.41) is 3.04. The summed E-state index contributed by atoms with van der Waals surface area (Å²) >= 11 is 0. The fraction of sp³-hybridized carbons (Fsp3) is 0.200. The second kappa shape index (κ2) is 5.40. The number of aromatic nitrogens is 3. The summed E-state index contributed by atoms with van der Waals surface area (Å²) in [4.78, 5) is 11.0. The highest BCUT2D eigenvalue weighted by molar-refractivity contribution is 5.73. The van der Waals surface area contributed by atoms with Crippen LogP contribution in [0.1, 0.15) is 6.92 Å². The Morgan fingerprint density at radius 1 is 1.29 bits per heavy atom. The Hall–Kier alpha value is -2.63. The molecule has 0 spiro atoms. The van der Waals surface area contributed by atoms with Crippen molar-refractivity contribution in [2.45, 2.75) is 6.92 Å². The topological polar surface area (TPSA) is 45.5 Å². The molecule has 3 rings (SSSR count). The molecule has 108 valence electrons. The van der Waals surface area contributed by atoms with Crippen LogP contribution in [0.15, 0.2) is 42.9 Å². The molecule has 0 aliphatic rings. The zero-order chi connectivity index (χ0) is 14.8. The molecule has 0 radical (unpaired) electrons. The number of benzene rings is 1.